The molecule has 1 unspecified atom stereocenters. The average molecular weight is 529 g/mol. The Morgan fingerprint density at radius 1 is 1.33 bits per heavy atom. The molecule has 1 atom stereocenters. The number of carbonyl (C=O) groups excluding carboxylic acids is 1. The summed E-state index contributed by atoms with van der Waals surface area (Å²) >= 11 is 5.97. The molecular formula is C17H26ClIN4O3S. The Morgan fingerprint density at radius 3 is 2.74 bits per heavy atom. The van der Waals surface area contributed by atoms with E-state index in [1.54, 1.807) is 0 Å². The number of nitrogens with one attached hydrogen (secondary N) is 3. The van der Waals surface area contributed by atoms with Gasteiger partial charge < -0.3 is 16.0 Å². The van der Waals surface area contributed by atoms with Gasteiger partial charge in [-0.25, -0.2) is 13.4 Å². The predicted octanol–water partition coefficient (Wildman–Crippen LogP) is 1.71. The van der Waals surface area contributed by atoms with Crippen LogP contribution in [-0.2, 0) is 21.2 Å². The normalized spacial score (nSPS) is 18.4. The van der Waals surface area contributed by atoms with Crippen LogP contribution in [0.2, 0.25) is 5.02 Å². The Labute approximate surface area is 182 Å². The van der Waals surface area contributed by atoms with Gasteiger partial charge in [-0.3, -0.25) is 4.79 Å². The highest BCUT2D eigenvalue weighted by molar-refractivity contribution is 14.0. The van der Waals surface area contributed by atoms with Crippen LogP contribution in [0.3, 0.4) is 0 Å². The molecule has 1 aromatic rings. The van der Waals surface area contributed by atoms with E-state index < -0.39 is 9.84 Å². The Bertz CT molecular complexity index is 758. The SMILES string of the molecule is CCNC(=NCc1cccc(Cl)c1)NCCC(=O)NC1CCS(=O)(=O)C1.I. The van der Waals surface area contributed by atoms with Crippen molar-refractivity contribution in [2.75, 3.05) is 24.6 Å². The van der Waals surface area contributed by atoms with Crippen LogP contribution in [0.1, 0.15) is 25.3 Å². The summed E-state index contributed by atoms with van der Waals surface area (Å²) in [6.07, 6.45) is 0.739. The molecule has 0 spiro atoms. The molecule has 10 heteroatoms. The predicted molar refractivity (Wildman–Crippen MR) is 120 cm³/mol. The van der Waals surface area contributed by atoms with Gasteiger partial charge >= 0.3 is 0 Å². The number of aliphatic imine (C=N–C) groups is 1. The molecule has 27 heavy (non-hydrogen) atoms. The number of guanidine groups is 1. The Balaban J connectivity index is 0.00000364. The van der Waals surface area contributed by atoms with Crippen molar-refractivity contribution in [3.05, 3.63) is 34.9 Å². The summed E-state index contributed by atoms with van der Waals surface area (Å²) < 4.78 is 22.8. The number of sulfone groups is 1. The first-order chi connectivity index (χ1) is 12.4. The monoisotopic (exact) mass is 528 g/mol. The van der Waals surface area contributed by atoms with E-state index in [1.165, 1.54) is 0 Å². The Kier molecular flexibility index (Phi) is 10.4. The second-order valence-corrected chi connectivity index (χ2v) is 8.83. The summed E-state index contributed by atoms with van der Waals surface area (Å²) in [7, 11) is -2.99. The van der Waals surface area contributed by atoms with E-state index in [0.29, 0.717) is 37.0 Å². The number of hydrogen-bond donors (Lipinski definition) is 3. The smallest absolute Gasteiger partial charge is 0.222 e. The molecule has 152 valence electrons. The van der Waals surface area contributed by atoms with E-state index in [0.717, 1.165) is 5.56 Å². The molecule has 0 aliphatic carbocycles. The molecule has 2 rings (SSSR count). The van der Waals surface area contributed by atoms with Gasteiger partial charge in [0.15, 0.2) is 15.8 Å². The van der Waals surface area contributed by atoms with E-state index in [1.807, 2.05) is 31.2 Å². The highest BCUT2D eigenvalue weighted by atomic mass is 127. The number of halogens is 2. The van der Waals surface area contributed by atoms with E-state index in [9.17, 15) is 13.2 Å². The van der Waals surface area contributed by atoms with Crippen molar-refractivity contribution in [2.45, 2.75) is 32.4 Å². The zero-order valence-corrected chi connectivity index (χ0v) is 19.1. The molecule has 0 aromatic heterocycles. The molecule has 1 heterocycles. The van der Waals surface area contributed by atoms with E-state index in [-0.39, 0.29) is 53.9 Å². The molecule has 1 aromatic carbocycles. The van der Waals surface area contributed by atoms with Crippen molar-refractivity contribution < 1.29 is 13.2 Å². The quantitative estimate of drug-likeness (QED) is 0.284. The lowest BCUT2D eigenvalue weighted by Gasteiger charge is -2.13. The summed E-state index contributed by atoms with van der Waals surface area (Å²) in [5.74, 6) is 0.640. The van der Waals surface area contributed by atoms with Gasteiger partial charge in [-0.1, -0.05) is 23.7 Å². The first-order valence-corrected chi connectivity index (χ1v) is 10.8. The maximum Gasteiger partial charge on any atom is 0.222 e. The number of hydrogen-bond acceptors (Lipinski definition) is 4. The molecule has 1 aliphatic heterocycles. The van der Waals surface area contributed by atoms with Crippen molar-refractivity contribution in [2.24, 2.45) is 4.99 Å². The molecule has 0 saturated carbocycles. The van der Waals surface area contributed by atoms with Crippen LogP contribution < -0.4 is 16.0 Å². The minimum absolute atomic E-state index is 0. The molecule has 3 N–H and O–H groups in total. The van der Waals surface area contributed by atoms with Crippen LogP contribution in [0.25, 0.3) is 0 Å². The van der Waals surface area contributed by atoms with E-state index in [4.69, 9.17) is 11.6 Å². The first-order valence-electron chi connectivity index (χ1n) is 8.64. The molecular weight excluding hydrogens is 503 g/mol. The van der Waals surface area contributed by atoms with Crippen molar-refractivity contribution in [3.8, 4) is 0 Å². The highest BCUT2D eigenvalue weighted by Crippen LogP contribution is 2.12. The van der Waals surface area contributed by atoms with Gasteiger partial charge in [0.1, 0.15) is 0 Å². The average Bonchev–Trinajstić information content (AvgIpc) is 2.91. The summed E-state index contributed by atoms with van der Waals surface area (Å²) in [4.78, 5) is 16.4. The van der Waals surface area contributed by atoms with Crippen molar-refractivity contribution in [3.63, 3.8) is 0 Å². The second-order valence-electron chi connectivity index (χ2n) is 6.17. The molecule has 1 aliphatic rings. The van der Waals surface area contributed by atoms with Crippen LogP contribution in [0.15, 0.2) is 29.3 Å². The summed E-state index contributed by atoms with van der Waals surface area (Å²) in [6.45, 7) is 3.55. The van der Waals surface area contributed by atoms with Gasteiger partial charge in [-0.2, -0.15) is 0 Å². The molecule has 7 nitrogen and oxygen atoms in total. The molecule has 0 radical (unpaired) electrons. The maximum absolute atomic E-state index is 11.9. The molecule has 1 fully saturated rings. The minimum Gasteiger partial charge on any atom is -0.357 e. The van der Waals surface area contributed by atoms with Gasteiger partial charge in [0.25, 0.3) is 0 Å². The number of nitrogens with zero attached hydrogens (tertiary/aromatic N) is 1. The first kappa shape index (κ1) is 24.0. The van der Waals surface area contributed by atoms with Crippen LogP contribution in [0.4, 0.5) is 0 Å². The van der Waals surface area contributed by atoms with Crippen molar-refractivity contribution >= 4 is 57.3 Å². The lowest BCUT2D eigenvalue weighted by molar-refractivity contribution is -0.121. The summed E-state index contributed by atoms with van der Waals surface area (Å²) in [5.41, 5.74) is 0.995. The fraction of sp³-hybridized carbons (Fsp3) is 0.529. The van der Waals surface area contributed by atoms with Crippen LogP contribution in [0.5, 0.6) is 0 Å². The zero-order valence-electron chi connectivity index (χ0n) is 15.2. The van der Waals surface area contributed by atoms with Crippen LogP contribution in [0, 0.1) is 0 Å². The highest BCUT2D eigenvalue weighted by Gasteiger charge is 2.28. The van der Waals surface area contributed by atoms with Gasteiger partial charge in [-0.05, 0) is 31.0 Å². The van der Waals surface area contributed by atoms with Gasteiger partial charge in [0, 0.05) is 30.6 Å². The molecule has 0 bridgehead atoms. The van der Waals surface area contributed by atoms with E-state index in [2.05, 4.69) is 20.9 Å². The standard InChI is InChI=1S/C17H25ClN4O3S.HI/c1-2-19-17(21-11-13-4-3-5-14(18)10-13)20-8-6-16(23)22-15-7-9-26(24,25)12-15;/h3-5,10,15H,2,6-9,11-12H2,1H3,(H,22,23)(H2,19,20,21);1H. The van der Waals surface area contributed by atoms with Gasteiger partial charge in [0.2, 0.25) is 5.91 Å². The topological polar surface area (TPSA) is 99.7 Å². The number of benzene rings is 1. The number of amides is 1. The number of carbonyl (C=O) groups is 1. The van der Waals surface area contributed by atoms with Gasteiger partial charge in [-0.15, -0.1) is 24.0 Å². The summed E-state index contributed by atoms with van der Waals surface area (Å²) in [6, 6.07) is 7.23. The third-order valence-electron chi connectivity index (χ3n) is 3.90. The maximum atomic E-state index is 11.9. The third kappa shape index (κ3) is 9.11. The largest absolute Gasteiger partial charge is 0.357 e. The number of rotatable bonds is 7. The molecule has 1 amide bonds. The fourth-order valence-electron chi connectivity index (χ4n) is 2.65. The molecule has 1 saturated heterocycles. The minimum atomic E-state index is -2.99. The van der Waals surface area contributed by atoms with Crippen molar-refractivity contribution in [1.29, 1.82) is 0 Å². The van der Waals surface area contributed by atoms with E-state index >= 15 is 0 Å². The second kappa shape index (κ2) is 11.7. The summed E-state index contributed by atoms with van der Waals surface area (Å²) in [5, 5.41) is 9.66. The Morgan fingerprint density at radius 2 is 2.11 bits per heavy atom. The lowest BCUT2D eigenvalue weighted by Crippen LogP contribution is -2.41. The van der Waals surface area contributed by atoms with Crippen LogP contribution >= 0.6 is 35.6 Å². The lowest BCUT2D eigenvalue weighted by atomic mass is 10.2. The Hall–Kier alpha value is -1.07. The fourth-order valence-corrected chi connectivity index (χ4v) is 4.54. The third-order valence-corrected chi connectivity index (χ3v) is 5.90. The van der Waals surface area contributed by atoms with Crippen LogP contribution in [-0.4, -0.2) is 50.9 Å². The van der Waals surface area contributed by atoms with Crippen molar-refractivity contribution in [1.82, 2.24) is 16.0 Å². The zero-order chi connectivity index (χ0) is 19.0. The van der Waals surface area contributed by atoms with Gasteiger partial charge in [0.05, 0.1) is 18.1 Å².